The van der Waals surface area contributed by atoms with Crippen LogP contribution in [0.15, 0.2) is 52.8 Å². The molecule has 3 rings (SSSR count). The van der Waals surface area contributed by atoms with Crippen molar-refractivity contribution in [3.05, 3.63) is 54.0 Å². The third-order valence-corrected chi connectivity index (χ3v) is 3.26. The fourth-order valence-electron chi connectivity index (χ4n) is 2.06. The van der Waals surface area contributed by atoms with Gasteiger partial charge >= 0.3 is 0 Å². The minimum atomic E-state index is -0.482. The summed E-state index contributed by atoms with van der Waals surface area (Å²) >= 11 is 0. The molecule has 0 radical (unpaired) electrons. The lowest BCUT2D eigenvalue weighted by molar-refractivity contribution is -0.131. The smallest absolute Gasteiger partial charge is 0.273 e. The summed E-state index contributed by atoms with van der Waals surface area (Å²) in [6, 6.07) is 10.8. The van der Waals surface area contributed by atoms with Gasteiger partial charge in [0, 0.05) is 11.6 Å². The quantitative estimate of drug-likeness (QED) is 0.744. The lowest BCUT2D eigenvalue weighted by atomic mass is 10.1. The van der Waals surface area contributed by atoms with Crippen molar-refractivity contribution in [2.24, 2.45) is 5.73 Å². The Morgan fingerprint density at radius 2 is 2.13 bits per heavy atom. The number of carbonyl (C=O) groups excluding carboxylic acids is 2. The van der Waals surface area contributed by atoms with Crippen molar-refractivity contribution < 1.29 is 14.1 Å². The van der Waals surface area contributed by atoms with Gasteiger partial charge in [-0.15, -0.1) is 0 Å². The zero-order valence-electron chi connectivity index (χ0n) is 12.2. The number of hydrazine groups is 1. The summed E-state index contributed by atoms with van der Waals surface area (Å²) in [5, 5.41) is 7.53. The molecule has 0 bridgehead atoms. The highest BCUT2D eigenvalue weighted by atomic mass is 16.5. The molecule has 0 unspecified atom stereocenters. The molecule has 0 saturated carbocycles. The molecule has 1 aromatic carbocycles. The number of hydrogen-bond acceptors (Lipinski definition) is 6. The molecule has 8 heteroatoms. The summed E-state index contributed by atoms with van der Waals surface area (Å²) in [7, 11) is 0. The number of amides is 2. The molecule has 2 heterocycles. The SMILES string of the molecule is NC1=CCN(C(=O)CNC(=O)c2cc(-c3ccccc3)on2)N1. The number of rotatable bonds is 4. The van der Waals surface area contributed by atoms with E-state index >= 15 is 0 Å². The molecule has 1 aliphatic rings. The van der Waals surface area contributed by atoms with E-state index in [1.807, 2.05) is 30.3 Å². The van der Waals surface area contributed by atoms with Crippen molar-refractivity contribution in [2.75, 3.05) is 13.1 Å². The van der Waals surface area contributed by atoms with Crippen molar-refractivity contribution in [2.45, 2.75) is 0 Å². The van der Waals surface area contributed by atoms with Crippen molar-refractivity contribution in [1.82, 2.24) is 20.9 Å². The monoisotopic (exact) mass is 313 g/mol. The minimum absolute atomic E-state index is 0.115. The first-order valence-electron chi connectivity index (χ1n) is 6.96. The normalized spacial score (nSPS) is 13.4. The molecule has 2 amide bonds. The Hall–Kier alpha value is -3.29. The Labute approximate surface area is 131 Å². The molecule has 118 valence electrons. The maximum Gasteiger partial charge on any atom is 0.273 e. The first kappa shape index (κ1) is 14.6. The second kappa shape index (κ2) is 6.22. The molecule has 0 fully saturated rings. The van der Waals surface area contributed by atoms with Gasteiger partial charge in [-0.05, 0) is 6.08 Å². The van der Waals surface area contributed by atoms with E-state index < -0.39 is 5.91 Å². The van der Waals surface area contributed by atoms with Gasteiger partial charge in [-0.1, -0.05) is 35.5 Å². The highest BCUT2D eigenvalue weighted by Crippen LogP contribution is 2.19. The molecule has 0 aliphatic carbocycles. The maximum atomic E-state index is 12.0. The molecule has 1 aromatic heterocycles. The van der Waals surface area contributed by atoms with Crippen molar-refractivity contribution in [1.29, 1.82) is 0 Å². The number of carbonyl (C=O) groups is 2. The molecule has 1 aliphatic heterocycles. The zero-order chi connectivity index (χ0) is 16.2. The van der Waals surface area contributed by atoms with E-state index in [2.05, 4.69) is 15.9 Å². The van der Waals surface area contributed by atoms with Gasteiger partial charge in [0.25, 0.3) is 11.8 Å². The molecular weight excluding hydrogens is 298 g/mol. The molecular formula is C15H15N5O3. The van der Waals surface area contributed by atoms with Gasteiger partial charge in [0.15, 0.2) is 11.5 Å². The largest absolute Gasteiger partial charge is 0.384 e. The van der Waals surface area contributed by atoms with Crippen LogP contribution in [0.5, 0.6) is 0 Å². The van der Waals surface area contributed by atoms with E-state index in [0.717, 1.165) is 5.56 Å². The Kier molecular flexibility index (Phi) is 3.96. The summed E-state index contributed by atoms with van der Waals surface area (Å²) in [6.07, 6.45) is 1.67. The van der Waals surface area contributed by atoms with Crippen LogP contribution in [0.2, 0.25) is 0 Å². The summed E-state index contributed by atoms with van der Waals surface area (Å²) in [4.78, 5) is 23.9. The summed E-state index contributed by atoms with van der Waals surface area (Å²) in [5.41, 5.74) is 9.13. The van der Waals surface area contributed by atoms with Gasteiger partial charge in [-0.3, -0.25) is 15.0 Å². The Morgan fingerprint density at radius 1 is 1.35 bits per heavy atom. The highest BCUT2D eigenvalue weighted by Gasteiger charge is 2.19. The van der Waals surface area contributed by atoms with E-state index in [1.165, 1.54) is 11.1 Å². The van der Waals surface area contributed by atoms with Crippen molar-refractivity contribution in [3.63, 3.8) is 0 Å². The van der Waals surface area contributed by atoms with E-state index in [9.17, 15) is 9.59 Å². The third kappa shape index (κ3) is 3.31. The Morgan fingerprint density at radius 3 is 2.83 bits per heavy atom. The Bertz CT molecular complexity index is 753. The lowest BCUT2D eigenvalue weighted by Gasteiger charge is -2.16. The fourth-order valence-corrected chi connectivity index (χ4v) is 2.06. The number of nitrogens with two attached hydrogens (primary N) is 1. The standard InChI is InChI=1S/C15H15N5O3/c16-13-6-7-20(18-13)14(21)9-17-15(22)11-8-12(23-19-11)10-4-2-1-3-5-10/h1-6,8,18H,7,9,16H2,(H,17,22). The van der Waals surface area contributed by atoms with Crippen molar-refractivity contribution >= 4 is 11.8 Å². The van der Waals surface area contributed by atoms with E-state index in [1.54, 1.807) is 6.08 Å². The van der Waals surface area contributed by atoms with Gasteiger partial charge in [0.1, 0.15) is 5.82 Å². The minimum Gasteiger partial charge on any atom is -0.384 e. The first-order chi connectivity index (χ1) is 11.1. The van der Waals surface area contributed by atoms with E-state index in [-0.39, 0.29) is 18.1 Å². The second-order valence-corrected chi connectivity index (χ2v) is 4.90. The Balaban J connectivity index is 1.57. The fraction of sp³-hybridized carbons (Fsp3) is 0.133. The topological polar surface area (TPSA) is 113 Å². The number of hydrogen-bond donors (Lipinski definition) is 3. The molecule has 4 N–H and O–H groups in total. The van der Waals surface area contributed by atoms with E-state index in [0.29, 0.717) is 18.1 Å². The first-order valence-corrected chi connectivity index (χ1v) is 6.96. The van der Waals surface area contributed by atoms with Crippen molar-refractivity contribution in [3.8, 4) is 11.3 Å². The predicted octanol–water partition coefficient (Wildman–Crippen LogP) is 0.218. The second-order valence-electron chi connectivity index (χ2n) is 4.90. The van der Waals surface area contributed by atoms with Crippen LogP contribution in [0.4, 0.5) is 0 Å². The van der Waals surface area contributed by atoms with Crippen LogP contribution < -0.4 is 16.5 Å². The number of aromatic nitrogens is 1. The van der Waals surface area contributed by atoms with Crippen LogP contribution in [-0.2, 0) is 4.79 Å². The van der Waals surface area contributed by atoms with Crippen LogP contribution in [0.25, 0.3) is 11.3 Å². The van der Waals surface area contributed by atoms with Gasteiger partial charge < -0.3 is 15.6 Å². The average Bonchev–Trinajstić information content (AvgIpc) is 3.22. The van der Waals surface area contributed by atoms with Crippen LogP contribution in [0.3, 0.4) is 0 Å². The molecule has 0 saturated heterocycles. The van der Waals surface area contributed by atoms with Gasteiger partial charge in [0.05, 0.1) is 13.1 Å². The summed E-state index contributed by atoms with van der Waals surface area (Å²) in [6.45, 7) is 0.198. The molecule has 0 spiro atoms. The van der Waals surface area contributed by atoms with E-state index in [4.69, 9.17) is 10.3 Å². The average molecular weight is 313 g/mol. The zero-order valence-corrected chi connectivity index (χ0v) is 12.2. The maximum absolute atomic E-state index is 12.0. The van der Waals surface area contributed by atoms with Crippen LogP contribution >= 0.6 is 0 Å². The highest BCUT2D eigenvalue weighted by molar-refractivity contribution is 5.95. The van der Waals surface area contributed by atoms with Gasteiger partial charge in [-0.25, -0.2) is 5.01 Å². The predicted molar refractivity (Wildman–Crippen MR) is 81.4 cm³/mol. The lowest BCUT2D eigenvalue weighted by Crippen LogP contribution is -2.45. The number of benzene rings is 1. The number of nitrogens with one attached hydrogen (secondary N) is 2. The summed E-state index contributed by atoms with van der Waals surface area (Å²) in [5.74, 6) is 0.111. The number of nitrogens with zero attached hydrogens (tertiary/aromatic N) is 2. The van der Waals surface area contributed by atoms with Crippen LogP contribution in [-0.4, -0.2) is 35.1 Å². The molecule has 8 nitrogen and oxygen atoms in total. The molecule has 2 aromatic rings. The summed E-state index contributed by atoms with van der Waals surface area (Å²) < 4.78 is 5.15. The van der Waals surface area contributed by atoms with Gasteiger partial charge in [0.2, 0.25) is 0 Å². The van der Waals surface area contributed by atoms with Gasteiger partial charge in [-0.2, -0.15) is 0 Å². The third-order valence-electron chi connectivity index (χ3n) is 3.26. The van der Waals surface area contributed by atoms with Crippen LogP contribution in [0, 0.1) is 0 Å². The van der Waals surface area contributed by atoms with Crippen LogP contribution in [0.1, 0.15) is 10.5 Å². The molecule has 23 heavy (non-hydrogen) atoms. The molecule has 0 atom stereocenters.